The molecule has 0 aliphatic rings. The lowest BCUT2D eigenvalue weighted by atomic mass is 10.1. The van der Waals surface area contributed by atoms with Crippen LogP contribution in [-0.2, 0) is 0 Å². The average molecular weight is 476 g/mol. The topological polar surface area (TPSA) is 56.6 Å². The third-order valence-corrected chi connectivity index (χ3v) is 5.85. The molecule has 6 nitrogen and oxygen atoms in total. The highest BCUT2D eigenvalue weighted by Gasteiger charge is 2.26. The zero-order valence-electron chi connectivity index (χ0n) is 20.0. The number of amides is 1. The lowest BCUT2D eigenvalue weighted by Gasteiger charge is -2.23. The monoisotopic (exact) mass is 475 g/mol. The predicted octanol–water partition coefficient (Wildman–Crippen LogP) is 6.54. The third-order valence-electron chi connectivity index (χ3n) is 5.85. The summed E-state index contributed by atoms with van der Waals surface area (Å²) >= 11 is 0. The smallest absolute Gasteiger partial charge is 0.266 e. The number of hydrogen-bond acceptors (Lipinski definition) is 4. The Morgan fingerprint density at radius 3 is 1.83 bits per heavy atom. The van der Waals surface area contributed by atoms with E-state index in [0.717, 1.165) is 22.6 Å². The highest BCUT2D eigenvalue weighted by atomic mass is 16.5. The standard InChI is InChI=1S/C30H25N3O3/c1-35-27-19-18-22(20-28(27)36-2)29-26(21-32(31-29)23-12-6-3-7-13-23)30(34)33(24-14-8-4-9-15-24)25-16-10-5-11-17-25/h3-21H,1-2H3. The first kappa shape index (κ1) is 22.9. The first-order valence-corrected chi connectivity index (χ1v) is 11.5. The lowest BCUT2D eigenvalue weighted by Crippen LogP contribution is -2.26. The minimum Gasteiger partial charge on any atom is -0.493 e. The molecule has 0 spiro atoms. The van der Waals surface area contributed by atoms with Gasteiger partial charge in [-0.25, -0.2) is 4.68 Å². The van der Waals surface area contributed by atoms with Crippen LogP contribution in [0.5, 0.6) is 11.5 Å². The van der Waals surface area contributed by atoms with Gasteiger partial charge in [-0.05, 0) is 54.6 Å². The Bertz CT molecular complexity index is 1430. The van der Waals surface area contributed by atoms with E-state index in [1.165, 1.54) is 0 Å². The van der Waals surface area contributed by atoms with E-state index in [-0.39, 0.29) is 5.91 Å². The molecule has 0 aliphatic carbocycles. The van der Waals surface area contributed by atoms with E-state index in [1.807, 2.05) is 109 Å². The van der Waals surface area contributed by atoms with Gasteiger partial charge in [-0.2, -0.15) is 5.10 Å². The predicted molar refractivity (Wildman–Crippen MR) is 141 cm³/mol. The summed E-state index contributed by atoms with van der Waals surface area (Å²) in [5.41, 5.74) is 4.12. The summed E-state index contributed by atoms with van der Waals surface area (Å²) in [6.45, 7) is 0. The fourth-order valence-corrected chi connectivity index (χ4v) is 4.10. The van der Waals surface area contributed by atoms with Gasteiger partial charge in [0.05, 0.1) is 25.5 Å². The molecule has 4 aromatic carbocycles. The molecule has 6 heteroatoms. The fraction of sp³-hybridized carbons (Fsp3) is 0.0667. The molecule has 178 valence electrons. The zero-order chi connectivity index (χ0) is 24.9. The molecule has 1 heterocycles. The van der Waals surface area contributed by atoms with Crippen molar-refractivity contribution >= 4 is 17.3 Å². The van der Waals surface area contributed by atoms with Crippen LogP contribution in [0.2, 0.25) is 0 Å². The number of nitrogens with zero attached hydrogens (tertiary/aromatic N) is 3. The number of methoxy groups -OCH3 is 2. The number of hydrogen-bond donors (Lipinski definition) is 0. The molecule has 0 atom stereocenters. The molecule has 36 heavy (non-hydrogen) atoms. The van der Waals surface area contributed by atoms with Gasteiger partial charge >= 0.3 is 0 Å². The summed E-state index contributed by atoms with van der Waals surface area (Å²) in [5.74, 6) is 0.969. The number of aromatic nitrogens is 2. The molecule has 0 radical (unpaired) electrons. The molecular weight excluding hydrogens is 450 g/mol. The molecule has 0 unspecified atom stereocenters. The molecular formula is C30H25N3O3. The van der Waals surface area contributed by atoms with E-state index in [2.05, 4.69) is 0 Å². The highest BCUT2D eigenvalue weighted by molar-refractivity contribution is 6.13. The molecule has 5 aromatic rings. The molecule has 0 aliphatic heterocycles. The van der Waals surface area contributed by atoms with Crippen LogP contribution >= 0.6 is 0 Å². The first-order chi connectivity index (χ1) is 17.7. The summed E-state index contributed by atoms with van der Waals surface area (Å²) in [5, 5.41) is 4.85. The van der Waals surface area contributed by atoms with Crippen molar-refractivity contribution in [3.8, 4) is 28.4 Å². The SMILES string of the molecule is COc1ccc(-c2nn(-c3ccccc3)cc2C(=O)N(c2ccccc2)c2ccccc2)cc1OC. The van der Waals surface area contributed by atoms with Crippen molar-refractivity contribution in [1.29, 1.82) is 0 Å². The van der Waals surface area contributed by atoms with E-state index < -0.39 is 0 Å². The molecule has 0 bridgehead atoms. The molecule has 0 saturated carbocycles. The Balaban J connectivity index is 1.69. The van der Waals surface area contributed by atoms with E-state index >= 15 is 0 Å². The second-order valence-electron chi connectivity index (χ2n) is 8.05. The van der Waals surface area contributed by atoms with Crippen molar-refractivity contribution in [2.45, 2.75) is 0 Å². The van der Waals surface area contributed by atoms with Gasteiger partial charge in [-0.3, -0.25) is 9.69 Å². The van der Waals surface area contributed by atoms with Gasteiger partial charge in [0.25, 0.3) is 5.91 Å². The van der Waals surface area contributed by atoms with Crippen molar-refractivity contribution in [2.75, 3.05) is 19.1 Å². The lowest BCUT2D eigenvalue weighted by molar-refractivity contribution is 0.1000. The summed E-state index contributed by atoms with van der Waals surface area (Å²) in [6, 6.07) is 34.5. The second kappa shape index (κ2) is 10.2. The Morgan fingerprint density at radius 1 is 0.722 bits per heavy atom. The minimum atomic E-state index is -0.195. The Kier molecular flexibility index (Phi) is 6.49. The van der Waals surface area contributed by atoms with Crippen molar-refractivity contribution in [3.63, 3.8) is 0 Å². The van der Waals surface area contributed by atoms with Gasteiger partial charge < -0.3 is 9.47 Å². The van der Waals surface area contributed by atoms with Crippen LogP contribution in [0.3, 0.4) is 0 Å². The van der Waals surface area contributed by atoms with Crippen molar-refractivity contribution in [2.24, 2.45) is 0 Å². The largest absolute Gasteiger partial charge is 0.493 e. The second-order valence-corrected chi connectivity index (χ2v) is 8.05. The summed E-state index contributed by atoms with van der Waals surface area (Å²) in [4.78, 5) is 16.0. The van der Waals surface area contributed by atoms with Crippen LogP contribution in [0.15, 0.2) is 115 Å². The summed E-state index contributed by atoms with van der Waals surface area (Å²) in [6.07, 6.45) is 1.78. The van der Waals surface area contributed by atoms with Crippen LogP contribution in [-0.4, -0.2) is 29.9 Å². The van der Waals surface area contributed by atoms with Gasteiger partial charge in [0.2, 0.25) is 0 Å². The Morgan fingerprint density at radius 2 is 1.28 bits per heavy atom. The third kappa shape index (κ3) is 4.44. The van der Waals surface area contributed by atoms with E-state index in [4.69, 9.17) is 14.6 Å². The molecule has 1 amide bonds. The molecule has 5 rings (SSSR count). The molecule has 0 saturated heterocycles. The number of carbonyl (C=O) groups is 1. The van der Waals surface area contributed by atoms with Crippen LogP contribution in [0, 0.1) is 0 Å². The maximum Gasteiger partial charge on any atom is 0.266 e. The molecule has 0 fully saturated rings. The molecule has 1 aromatic heterocycles. The minimum absolute atomic E-state index is 0.195. The van der Waals surface area contributed by atoms with Crippen LogP contribution in [0.4, 0.5) is 11.4 Å². The van der Waals surface area contributed by atoms with Crippen LogP contribution < -0.4 is 14.4 Å². The van der Waals surface area contributed by atoms with Crippen molar-refractivity contribution in [1.82, 2.24) is 9.78 Å². The maximum atomic E-state index is 14.3. The summed E-state index contributed by atoms with van der Waals surface area (Å²) in [7, 11) is 3.18. The van der Waals surface area contributed by atoms with E-state index in [9.17, 15) is 4.79 Å². The fourth-order valence-electron chi connectivity index (χ4n) is 4.10. The van der Waals surface area contributed by atoms with Crippen molar-refractivity contribution < 1.29 is 14.3 Å². The van der Waals surface area contributed by atoms with Gasteiger partial charge in [-0.1, -0.05) is 54.6 Å². The van der Waals surface area contributed by atoms with Gasteiger partial charge in [-0.15, -0.1) is 0 Å². The number of para-hydroxylation sites is 3. The van der Waals surface area contributed by atoms with Gasteiger partial charge in [0.1, 0.15) is 5.69 Å². The number of rotatable bonds is 7. The average Bonchev–Trinajstić information content (AvgIpc) is 3.40. The quantitative estimate of drug-likeness (QED) is 0.268. The Labute approximate surface area is 210 Å². The van der Waals surface area contributed by atoms with Crippen LogP contribution in [0.25, 0.3) is 16.9 Å². The number of benzene rings is 4. The van der Waals surface area contributed by atoms with Gasteiger partial charge in [0, 0.05) is 23.1 Å². The normalized spacial score (nSPS) is 10.6. The number of carbonyl (C=O) groups excluding carboxylic acids is 1. The summed E-state index contributed by atoms with van der Waals surface area (Å²) < 4.78 is 12.7. The molecule has 0 N–H and O–H groups in total. The highest BCUT2D eigenvalue weighted by Crippen LogP contribution is 2.35. The van der Waals surface area contributed by atoms with E-state index in [0.29, 0.717) is 22.8 Å². The van der Waals surface area contributed by atoms with Gasteiger partial charge in [0.15, 0.2) is 11.5 Å². The first-order valence-electron chi connectivity index (χ1n) is 11.5. The van der Waals surface area contributed by atoms with Crippen LogP contribution in [0.1, 0.15) is 10.4 Å². The maximum absolute atomic E-state index is 14.3. The van der Waals surface area contributed by atoms with E-state index in [1.54, 1.807) is 30.0 Å². The zero-order valence-corrected chi connectivity index (χ0v) is 20.0. The Hall–Kier alpha value is -4.84. The number of ether oxygens (including phenoxy) is 2. The number of anilines is 2. The van der Waals surface area contributed by atoms with Crippen molar-refractivity contribution in [3.05, 3.63) is 121 Å².